The summed E-state index contributed by atoms with van der Waals surface area (Å²) in [5, 5.41) is 0. The van der Waals surface area contributed by atoms with E-state index >= 15 is 0 Å². The van der Waals surface area contributed by atoms with Crippen molar-refractivity contribution in [3.05, 3.63) is 54.4 Å². The third-order valence-corrected chi connectivity index (χ3v) is 4.68. The number of hydrogen-bond acceptors (Lipinski definition) is 4. The van der Waals surface area contributed by atoms with Crippen LogP contribution in [0.15, 0.2) is 48.8 Å². The van der Waals surface area contributed by atoms with Crippen molar-refractivity contribution in [1.82, 2.24) is 9.97 Å². The van der Waals surface area contributed by atoms with Gasteiger partial charge in [-0.05, 0) is 37.7 Å². The Kier molecular flexibility index (Phi) is 11.7. The van der Waals surface area contributed by atoms with Crippen LogP contribution in [-0.2, 0) is 11.2 Å². The molecule has 1 aromatic carbocycles. The van der Waals surface area contributed by atoms with Crippen molar-refractivity contribution in [3.63, 3.8) is 0 Å². The van der Waals surface area contributed by atoms with Crippen LogP contribution in [0.5, 0.6) is 5.75 Å². The average molecular weight is 397 g/mol. The molecule has 0 atom stereocenters. The lowest BCUT2D eigenvalue weighted by molar-refractivity contribution is 0.130. The van der Waals surface area contributed by atoms with Gasteiger partial charge in [0.15, 0.2) is 11.6 Å². The maximum Gasteiger partial charge on any atom is 0.159 e. The molecule has 0 aliphatic heterocycles. The molecule has 0 aliphatic rings. The molecular formula is C25H36N2O2. The quantitative estimate of drug-likeness (QED) is 0.258. The SMILES string of the molecule is CCCC/C=C/COc1cnc(-c2ccc(CCCCCOCCC)cc2)nc1. The number of allylic oxidation sites excluding steroid dienone is 1. The second kappa shape index (κ2) is 14.7. The van der Waals surface area contributed by atoms with Gasteiger partial charge < -0.3 is 9.47 Å². The molecule has 29 heavy (non-hydrogen) atoms. The Morgan fingerprint density at radius 1 is 0.828 bits per heavy atom. The minimum Gasteiger partial charge on any atom is -0.486 e. The van der Waals surface area contributed by atoms with Gasteiger partial charge in [-0.15, -0.1) is 0 Å². The fourth-order valence-electron chi connectivity index (χ4n) is 2.97. The van der Waals surface area contributed by atoms with E-state index in [0.717, 1.165) is 50.3 Å². The predicted molar refractivity (Wildman–Crippen MR) is 120 cm³/mol. The van der Waals surface area contributed by atoms with E-state index in [1.807, 2.05) is 0 Å². The Morgan fingerprint density at radius 3 is 2.34 bits per heavy atom. The van der Waals surface area contributed by atoms with Crippen LogP contribution in [0.3, 0.4) is 0 Å². The summed E-state index contributed by atoms with van der Waals surface area (Å²) < 4.78 is 11.2. The zero-order chi connectivity index (χ0) is 20.6. The molecule has 1 aromatic heterocycles. The lowest BCUT2D eigenvalue weighted by atomic mass is 10.0. The first-order chi connectivity index (χ1) is 14.3. The van der Waals surface area contributed by atoms with Crippen LogP contribution >= 0.6 is 0 Å². The van der Waals surface area contributed by atoms with Gasteiger partial charge in [-0.25, -0.2) is 9.97 Å². The van der Waals surface area contributed by atoms with E-state index in [0.29, 0.717) is 12.4 Å². The van der Waals surface area contributed by atoms with Crippen LogP contribution < -0.4 is 4.74 Å². The molecule has 1 heterocycles. The van der Waals surface area contributed by atoms with E-state index in [9.17, 15) is 0 Å². The lowest BCUT2D eigenvalue weighted by Crippen LogP contribution is -1.97. The van der Waals surface area contributed by atoms with Gasteiger partial charge in [0.1, 0.15) is 6.61 Å². The molecule has 2 aromatic rings. The van der Waals surface area contributed by atoms with Gasteiger partial charge in [-0.1, -0.05) is 69.5 Å². The molecule has 0 aliphatic carbocycles. The fourth-order valence-corrected chi connectivity index (χ4v) is 2.97. The third kappa shape index (κ3) is 9.71. The van der Waals surface area contributed by atoms with E-state index in [1.165, 1.54) is 31.2 Å². The normalized spacial score (nSPS) is 11.2. The topological polar surface area (TPSA) is 44.2 Å². The van der Waals surface area contributed by atoms with Gasteiger partial charge in [0, 0.05) is 18.8 Å². The molecule has 4 heteroatoms. The first kappa shape index (κ1) is 23.1. The second-order valence-corrected chi connectivity index (χ2v) is 7.29. The summed E-state index contributed by atoms with van der Waals surface area (Å²) in [5.41, 5.74) is 2.39. The van der Waals surface area contributed by atoms with Crippen molar-refractivity contribution >= 4 is 0 Å². The number of aromatic nitrogens is 2. The zero-order valence-corrected chi connectivity index (χ0v) is 18.1. The molecule has 0 unspecified atom stereocenters. The standard InChI is InChI=1S/C25H36N2O2/c1-3-5-6-7-11-19-29-24-20-26-25(27-21-24)23-15-13-22(14-16-23)12-9-8-10-18-28-17-4-2/h7,11,13-16,20-21H,3-6,8-10,12,17-19H2,1-2H3/b11-7+. The van der Waals surface area contributed by atoms with Gasteiger partial charge >= 0.3 is 0 Å². The first-order valence-corrected chi connectivity index (χ1v) is 11.1. The number of hydrogen-bond donors (Lipinski definition) is 0. The van der Waals surface area contributed by atoms with Gasteiger partial charge in [0.25, 0.3) is 0 Å². The average Bonchev–Trinajstić information content (AvgIpc) is 2.76. The van der Waals surface area contributed by atoms with Crippen molar-refractivity contribution in [2.24, 2.45) is 0 Å². The third-order valence-electron chi connectivity index (χ3n) is 4.68. The van der Waals surface area contributed by atoms with Crippen LogP contribution in [0.2, 0.25) is 0 Å². The summed E-state index contributed by atoms with van der Waals surface area (Å²) in [7, 11) is 0. The highest BCUT2D eigenvalue weighted by atomic mass is 16.5. The number of ether oxygens (including phenoxy) is 2. The van der Waals surface area contributed by atoms with Crippen molar-refractivity contribution in [2.45, 2.75) is 65.2 Å². The Hall–Kier alpha value is -2.20. The molecule has 4 nitrogen and oxygen atoms in total. The molecule has 0 saturated heterocycles. The first-order valence-electron chi connectivity index (χ1n) is 11.1. The lowest BCUT2D eigenvalue weighted by Gasteiger charge is -2.06. The number of benzene rings is 1. The summed E-state index contributed by atoms with van der Waals surface area (Å²) in [4.78, 5) is 8.89. The van der Waals surface area contributed by atoms with Crippen LogP contribution in [0.1, 0.15) is 64.4 Å². The Labute approximate surface area is 176 Å². The Balaban J connectivity index is 1.71. The highest BCUT2D eigenvalue weighted by molar-refractivity contribution is 5.55. The van der Waals surface area contributed by atoms with Gasteiger partial charge in [-0.2, -0.15) is 0 Å². The maximum atomic E-state index is 5.66. The van der Waals surface area contributed by atoms with E-state index in [-0.39, 0.29) is 0 Å². The summed E-state index contributed by atoms with van der Waals surface area (Å²) in [5.74, 6) is 1.43. The van der Waals surface area contributed by atoms with Crippen molar-refractivity contribution in [1.29, 1.82) is 0 Å². The molecule has 0 spiro atoms. The molecule has 0 N–H and O–H groups in total. The molecule has 158 valence electrons. The number of rotatable bonds is 15. The smallest absolute Gasteiger partial charge is 0.159 e. The highest BCUT2D eigenvalue weighted by Gasteiger charge is 2.03. The van der Waals surface area contributed by atoms with E-state index < -0.39 is 0 Å². The minimum atomic E-state index is 0.561. The van der Waals surface area contributed by atoms with Crippen molar-refractivity contribution in [2.75, 3.05) is 19.8 Å². The number of unbranched alkanes of at least 4 members (excludes halogenated alkanes) is 4. The summed E-state index contributed by atoms with van der Waals surface area (Å²) in [6, 6.07) is 8.56. The van der Waals surface area contributed by atoms with Gasteiger partial charge in [0.2, 0.25) is 0 Å². The fraction of sp³-hybridized carbons (Fsp3) is 0.520. The minimum absolute atomic E-state index is 0.561. The van der Waals surface area contributed by atoms with Gasteiger partial charge in [0.05, 0.1) is 12.4 Å². The molecular weight excluding hydrogens is 360 g/mol. The Bertz CT molecular complexity index is 681. The Morgan fingerprint density at radius 2 is 1.62 bits per heavy atom. The molecule has 0 bridgehead atoms. The monoisotopic (exact) mass is 396 g/mol. The summed E-state index contributed by atoms with van der Waals surface area (Å²) >= 11 is 0. The van der Waals surface area contributed by atoms with Crippen LogP contribution in [0.4, 0.5) is 0 Å². The van der Waals surface area contributed by atoms with Crippen molar-refractivity contribution in [3.8, 4) is 17.1 Å². The highest BCUT2D eigenvalue weighted by Crippen LogP contribution is 2.18. The van der Waals surface area contributed by atoms with E-state index in [1.54, 1.807) is 12.4 Å². The zero-order valence-electron chi connectivity index (χ0n) is 18.1. The van der Waals surface area contributed by atoms with Crippen LogP contribution in [0, 0.1) is 0 Å². The summed E-state index contributed by atoms with van der Waals surface area (Å²) in [6.07, 6.45) is 17.0. The predicted octanol–water partition coefficient (Wildman–Crippen LogP) is 6.41. The van der Waals surface area contributed by atoms with E-state index in [2.05, 4.69) is 60.2 Å². The number of nitrogens with zero attached hydrogens (tertiary/aromatic N) is 2. The van der Waals surface area contributed by atoms with Crippen molar-refractivity contribution < 1.29 is 9.47 Å². The molecule has 2 rings (SSSR count). The molecule has 0 fully saturated rings. The maximum absolute atomic E-state index is 5.66. The van der Waals surface area contributed by atoms with Crippen LogP contribution in [-0.4, -0.2) is 29.8 Å². The number of aryl methyl sites for hydroxylation is 1. The molecule has 0 amide bonds. The molecule has 0 saturated carbocycles. The van der Waals surface area contributed by atoms with Gasteiger partial charge in [-0.3, -0.25) is 0 Å². The largest absolute Gasteiger partial charge is 0.486 e. The van der Waals surface area contributed by atoms with E-state index in [4.69, 9.17) is 9.47 Å². The summed E-state index contributed by atoms with van der Waals surface area (Å²) in [6.45, 7) is 6.67. The van der Waals surface area contributed by atoms with Crippen LogP contribution in [0.25, 0.3) is 11.4 Å². The molecule has 0 radical (unpaired) electrons. The second-order valence-electron chi connectivity index (χ2n) is 7.29.